The maximum Gasteiger partial charge on any atom is 0.120 e. The molecule has 0 unspecified atom stereocenters. The van der Waals surface area contributed by atoms with Gasteiger partial charge >= 0.3 is 0 Å². The van der Waals surface area contributed by atoms with Crippen LogP contribution < -0.4 is 9.47 Å². The van der Waals surface area contributed by atoms with E-state index in [0.29, 0.717) is 12.5 Å². The molecule has 4 rings (SSSR count). The number of ether oxygens (including phenoxy) is 2. The Hall–Kier alpha value is -2.78. The van der Waals surface area contributed by atoms with Crippen molar-refractivity contribution in [2.45, 2.75) is 25.4 Å². The summed E-state index contributed by atoms with van der Waals surface area (Å²) in [5.41, 5.74) is 2.65. The number of hydrogen-bond acceptors (Lipinski definition) is 3. The highest BCUT2D eigenvalue weighted by Crippen LogP contribution is 2.27. The standard InChI is InChI=1S/C26H29NO2/c1-3-7-22(8-4-1)21-29-26-13-11-25(12-14-26)28-20-19-27-17-15-24(16-18-27)23-9-5-2-6-10-23/h1-14,24H,15-21H2. The topological polar surface area (TPSA) is 21.7 Å². The van der Waals surface area contributed by atoms with Crippen LogP contribution >= 0.6 is 0 Å². The Bertz CT molecular complexity index is 841. The van der Waals surface area contributed by atoms with Crippen LogP contribution in [0.1, 0.15) is 29.9 Å². The molecule has 0 spiro atoms. The van der Waals surface area contributed by atoms with Gasteiger partial charge in [0.1, 0.15) is 24.7 Å². The van der Waals surface area contributed by atoms with E-state index in [1.807, 2.05) is 42.5 Å². The third-order valence-electron chi connectivity index (χ3n) is 5.61. The maximum atomic E-state index is 5.94. The van der Waals surface area contributed by atoms with Crippen LogP contribution in [0.2, 0.25) is 0 Å². The van der Waals surface area contributed by atoms with Crippen molar-refractivity contribution < 1.29 is 9.47 Å². The minimum atomic E-state index is 0.583. The van der Waals surface area contributed by atoms with Gasteiger partial charge in [-0.2, -0.15) is 0 Å². The summed E-state index contributed by atoms with van der Waals surface area (Å²) in [5.74, 6) is 2.47. The van der Waals surface area contributed by atoms with Gasteiger partial charge in [0, 0.05) is 6.54 Å². The van der Waals surface area contributed by atoms with Crippen molar-refractivity contribution in [2.75, 3.05) is 26.2 Å². The van der Waals surface area contributed by atoms with Crippen LogP contribution in [0.3, 0.4) is 0 Å². The van der Waals surface area contributed by atoms with Gasteiger partial charge < -0.3 is 9.47 Å². The first kappa shape index (κ1) is 19.5. The monoisotopic (exact) mass is 387 g/mol. The molecule has 0 radical (unpaired) electrons. The quantitative estimate of drug-likeness (QED) is 0.508. The average molecular weight is 388 g/mol. The van der Waals surface area contributed by atoms with Gasteiger partial charge in [0.25, 0.3) is 0 Å². The van der Waals surface area contributed by atoms with Crippen molar-refractivity contribution in [3.8, 4) is 11.5 Å². The molecule has 1 fully saturated rings. The van der Waals surface area contributed by atoms with Crippen LogP contribution in [0.15, 0.2) is 84.9 Å². The smallest absolute Gasteiger partial charge is 0.120 e. The summed E-state index contributed by atoms with van der Waals surface area (Å²) in [4.78, 5) is 2.51. The van der Waals surface area contributed by atoms with Gasteiger partial charge in [0.2, 0.25) is 0 Å². The Balaban J connectivity index is 1.16. The SMILES string of the molecule is c1ccc(COc2ccc(OCCN3CCC(c4ccccc4)CC3)cc2)cc1. The molecule has 3 aromatic rings. The molecule has 1 aliphatic heterocycles. The lowest BCUT2D eigenvalue weighted by atomic mass is 9.89. The van der Waals surface area contributed by atoms with E-state index in [4.69, 9.17) is 9.47 Å². The molecule has 0 aliphatic carbocycles. The van der Waals surface area contributed by atoms with E-state index in [0.717, 1.165) is 37.7 Å². The van der Waals surface area contributed by atoms with E-state index in [9.17, 15) is 0 Å². The van der Waals surface area contributed by atoms with E-state index in [1.165, 1.54) is 24.0 Å². The zero-order valence-corrected chi connectivity index (χ0v) is 16.9. The lowest BCUT2D eigenvalue weighted by Crippen LogP contribution is -2.35. The molecule has 0 bridgehead atoms. The molecule has 150 valence electrons. The number of nitrogens with zero attached hydrogens (tertiary/aromatic N) is 1. The zero-order chi connectivity index (χ0) is 19.7. The van der Waals surface area contributed by atoms with Crippen molar-refractivity contribution in [3.63, 3.8) is 0 Å². The highest BCUT2D eigenvalue weighted by molar-refractivity contribution is 5.31. The van der Waals surface area contributed by atoms with Crippen LogP contribution in [0, 0.1) is 0 Å². The van der Waals surface area contributed by atoms with Gasteiger partial charge in [-0.1, -0.05) is 60.7 Å². The number of likely N-dealkylation sites (tertiary alicyclic amines) is 1. The maximum absolute atomic E-state index is 5.94. The highest BCUT2D eigenvalue weighted by Gasteiger charge is 2.20. The van der Waals surface area contributed by atoms with E-state index >= 15 is 0 Å². The molecule has 3 aromatic carbocycles. The van der Waals surface area contributed by atoms with Gasteiger partial charge in [-0.25, -0.2) is 0 Å². The second kappa shape index (κ2) is 10.1. The predicted octanol–water partition coefficient (Wildman–Crippen LogP) is 5.52. The molecule has 0 aromatic heterocycles. The lowest BCUT2D eigenvalue weighted by molar-refractivity contribution is 0.173. The third kappa shape index (κ3) is 5.85. The third-order valence-corrected chi connectivity index (χ3v) is 5.61. The summed E-state index contributed by atoms with van der Waals surface area (Å²) in [6, 6.07) is 29.0. The number of benzene rings is 3. The van der Waals surface area contributed by atoms with Gasteiger partial charge in [-0.05, 0) is 67.2 Å². The van der Waals surface area contributed by atoms with E-state index in [1.54, 1.807) is 0 Å². The summed E-state index contributed by atoms with van der Waals surface area (Å²) in [6.45, 7) is 4.58. The first-order chi connectivity index (χ1) is 14.4. The fourth-order valence-electron chi connectivity index (χ4n) is 3.88. The van der Waals surface area contributed by atoms with E-state index in [2.05, 4.69) is 47.4 Å². The van der Waals surface area contributed by atoms with Gasteiger partial charge in [-0.3, -0.25) is 4.90 Å². The Morgan fingerprint density at radius 3 is 1.93 bits per heavy atom. The molecule has 3 heteroatoms. The van der Waals surface area contributed by atoms with Crippen molar-refractivity contribution in [2.24, 2.45) is 0 Å². The zero-order valence-electron chi connectivity index (χ0n) is 16.9. The normalized spacial score (nSPS) is 15.2. The largest absolute Gasteiger partial charge is 0.492 e. The van der Waals surface area contributed by atoms with Crippen molar-refractivity contribution in [1.29, 1.82) is 0 Å². The van der Waals surface area contributed by atoms with E-state index in [-0.39, 0.29) is 0 Å². The van der Waals surface area contributed by atoms with Crippen LogP contribution in [-0.2, 0) is 6.61 Å². The number of rotatable bonds is 8. The Morgan fingerprint density at radius 2 is 1.28 bits per heavy atom. The van der Waals surface area contributed by atoms with Crippen LogP contribution in [0.25, 0.3) is 0 Å². The second-order valence-corrected chi connectivity index (χ2v) is 7.62. The number of piperidine rings is 1. The molecule has 0 atom stereocenters. The molecular weight excluding hydrogens is 358 g/mol. The minimum absolute atomic E-state index is 0.583. The summed E-state index contributed by atoms with van der Waals surface area (Å²) in [7, 11) is 0. The fraction of sp³-hybridized carbons (Fsp3) is 0.308. The van der Waals surface area contributed by atoms with E-state index < -0.39 is 0 Å². The molecule has 1 saturated heterocycles. The lowest BCUT2D eigenvalue weighted by Gasteiger charge is -2.32. The first-order valence-corrected chi connectivity index (χ1v) is 10.5. The Morgan fingerprint density at radius 1 is 0.690 bits per heavy atom. The summed E-state index contributed by atoms with van der Waals surface area (Å²) in [6.07, 6.45) is 2.47. The van der Waals surface area contributed by atoms with Crippen LogP contribution in [0.5, 0.6) is 11.5 Å². The van der Waals surface area contributed by atoms with Crippen molar-refractivity contribution in [3.05, 3.63) is 96.1 Å². The van der Waals surface area contributed by atoms with Crippen molar-refractivity contribution in [1.82, 2.24) is 4.90 Å². The molecule has 29 heavy (non-hydrogen) atoms. The minimum Gasteiger partial charge on any atom is -0.492 e. The number of hydrogen-bond donors (Lipinski definition) is 0. The summed E-state index contributed by atoms with van der Waals surface area (Å²) < 4.78 is 11.8. The first-order valence-electron chi connectivity index (χ1n) is 10.5. The highest BCUT2D eigenvalue weighted by atomic mass is 16.5. The van der Waals surface area contributed by atoms with Crippen molar-refractivity contribution >= 4 is 0 Å². The Labute approximate surface area is 173 Å². The van der Waals surface area contributed by atoms with Gasteiger partial charge in [0.05, 0.1) is 0 Å². The summed E-state index contributed by atoms with van der Waals surface area (Å²) >= 11 is 0. The molecule has 0 saturated carbocycles. The molecule has 1 heterocycles. The predicted molar refractivity (Wildman–Crippen MR) is 118 cm³/mol. The van der Waals surface area contributed by atoms with Gasteiger partial charge in [0.15, 0.2) is 0 Å². The van der Waals surface area contributed by atoms with Crippen LogP contribution in [0.4, 0.5) is 0 Å². The Kier molecular flexibility index (Phi) is 6.82. The van der Waals surface area contributed by atoms with Gasteiger partial charge in [-0.15, -0.1) is 0 Å². The fourth-order valence-corrected chi connectivity index (χ4v) is 3.88. The molecule has 0 amide bonds. The van der Waals surface area contributed by atoms with Crippen LogP contribution in [-0.4, -0.2) is 31.1 Å². The average Bonchev–Trinajstić information content (AvgIpc) is 2.80. The molecule has 1 aliphatic rings. The molecule has 0 N–H and O–H groups in total. The second-order valence-electron chi connectivity index (χ2n) is 7.62. The summed E-state index contributed by atoms with van der Waals surface area (Å²) in [5, 5.41) is 0. The molecule has 3 nitrogen and oxygen atoms in total. The molecular formula is C26H29NO2.